The molecule has 2 aromatic carbocycles. The molecule has 0 heterocycles. The van der Waals surface area contributed by atoms with Gasteiger partial charge in [-0.2, -0.15) is 0 Å². The Morgan fingerprint density at radius 1 is 1.06 bits per heavy atom. The molecule has 2 aromatic rings. The third kappa shape index (κ3) is 7.58. The van der Waals surface area contributed by atoms with Gasteiger partial charge in [0.25, 0.3) is 0 Å². The maximum absolute atomic E-state index is 13.6. The molecule has 0 saturated carbocycles. The molecule has 0 fully saturated rings. The van der Waals surface area contributed by atoms with Crippen LogP contribution in [0.15, 0.2) is 48.5 Å². The summed E-state index contributed by atoms with van der Waals surface area (Å²) in [5.41, 5.74) is 2.73. The number of carbonyl (C=O) groups is 2. The van der Waals surface area contributed by atoms with Crippen molar-refractivity contribution in [1.82, 2.24) is 10.2 Å². The lowest BCUT2D eigenvalue weighted by atomic mass is 10.1. The fourth-order valence-corrected chi connectivity index (χ4v) is 4.59. The van der Waals surface area contributed by atoms with Gasteiger partial charge in [-0.15, -0.1) is 0 Å². The summed E-state index contributed by atoms with van der Waals surface area (Å²) in [6.07, 6.45) is 1.71. The molecule has 0 aliphatic heterocycles. The van der Waals surface area contributed by atoms with Gasteiger partial charge in [0.2, 0.25) is 21.8 Å². The summed E-state index contributed by atoms with van der Waals surface area (Å²) in [6.45, 7) is 11.0. The molecule has 0 aromatic heterocycles. The van der Waals surface area contributed by atoms with Crippen LogP contribution in [0.1, 0.15) is 51.3 Å². The molecule has 1 N–H and O–H groups in total. The summed E-state index contributed by atoms with van der Waals surface area (Å²) < 4.78 is 26.6. The number of para-hydroxylation sites is 1. The molecule has 34 heavy (non-hydrogen) atoms. The third-order valence-electron chi connectivity index (χ3n) is 5.42. The van der Waals surface area contributed by atoms with E-state index in [4.69, 9.17) is 0 Å². The van der Waals surface area contributed by atoms with Crippen molar-refractivity contribution in [2.75, 3.05) is 17.1 Å². The smallest absolute Gasteiger partial charge is 0.244 e. The minimum absolute atomic E-state index is 0.187. The second-order valence-corrected chi connectivity index (χ2v) is 11.6. The van der Waals surface area contributed by atoms with Crippen molar-refractivity contribution in [3.8, 4) is 0 Å². The Hall–Kier alpha value is -2.87. The Labute approximate surface area is 204 Å². The molecule has 0 saturated heterocycles. The standard InChI is InChI=1S/C26H37N3O4S/c1-8-22-14-9-10-15-23(22)29(34(7,32)33)18-24(30)28(17-21-13-11-12-19(2)16-21)20(3)25(31)27-26(4,5)6/h9-16,20H,8,17-18H2,1-7H3,(H,27,31)/t20-/m1/s1. The van der Waals surface area contributed by atoms with E-state index in [9.17, 15) is 18.0 Å². The normalized spacial score (nSPS) is 12.7. The van der Waals surface area contributed by atoms with Crippen molar-refractivity contribution in [2.45, 2.75) is 66.1 Å². The van der Waals surface area contributed by atoms with Crippen LogP contribution in [-0.4, -0.2) is 49.5 Å². The second kappa shape index (κ2) is 11.0. The molecule has 1 atom stereocenters. The van der Waals surface area contributed by atoms with E-state index in [1.807, 2.05) is 71.0 Å². The van der Waals surface area contributed by atoms with Gasteiger partial charge in [0, 0.05) is 12.1 Å². The fraction of sp³-hybridized carbons (Fsp3) is 0.462. The van der Waals surface area contributed by atoms with Gasteiger partial charge in [-0.25, -0.2) is 8.42 Å². The molecule has 7 nitrogen and oxygen atoms in total. The molecule has 0 bridgehead atoms. The number of amides is 2. The van der Waals surface area contributed by atoms with E-state index in [0.29, 0.717) is 12.1 Å². The SMILES string of the molecule is CCc1ccccc1N(CC(=O)N(Cc1cccc(C)c1)[C@H](C)C(=O)NC(C)(C)C)S(C)(=O)=O. The number of rotatable bonds is 9. The van der Waals surface area contributed by atoms with Gasteiger partial charge in [0.15, 0.2) is 0 Å². The maximum Gasteiger partial charge on any atom is 0.244 e. The minimum Gasteiger partial charge on any atom is -0.350 e. The van der Waals surface area contributed by atoms with E-state index in [-0.39, 0.29) is 12.5 Å². The predicted octanol–water partition coefficient (Wildman–Crippen LogP) is 3.66. The highest BCUT2D eigenvalue weighted by molar-refractivity contribution is 7.92. The Balaban J connectivity index is 2.44. The van der Waals surface area contributed by atoms with E-state index in [1.54, 1.807) is 19.1 Å². The van der Waals surface area contributed by atoms with E-state index in [0.717, 1.165) is 27.3 Å². The number of benzene rings is 2. The van der Waals surface area contributed by atoms with Gasteiger partial charge in [0.1, 0.15) is 12.6 Å². The van der Waals surface area contributed by atoms with Crippen molar-refractivity contribution in [3.63, 3.8) is 0 Å². The first-order chi connectivity index (χ1) is 15.7. The highest BCUT2D eigenvalue weighted by Crippen LogP contribution is 2.24. The highest BCUT2D eigenvalue weighted by Gasteiger charge is 2.31. The minimum atomic E-state index is -3.75. The van der Waals surface area contributed by atoms with Crippen molar-refractivity contribution >= 4 is 27.5 Å². The van der Waals surface area contributed by atoms with Crippen LogP contribution in [0, 0.1) is 6.92 Å². The van der Waals surface area contributed by atoms with E-state index in [2.05, 4.69) is 5.32 Å². The van der Waals surface area contributed by atoms with Crippen LogP contribution in [0.25, 0.3) is 0 Å². The van der Waals surface area contributed by atoms with Gasteiger partial charge < -0.3 is 10.2 Å². The maximum atomic E-state index is 13.6. The summed E-state index contributed by atoms with van der Waals surface area (Å²) in [7, 11) is -3.75. The zero-order valence-electron chi connectivity index (χ0n) is 21.3. The van der Waals surface area contributed by atoms with Crippen LogP contribution in [0.3, 0.4) is 0 Å². The van der Waals surface area contributed by atoms with Gasteiger partial charge in [-0.3, -0.25) is 13.9 Å². The van der Waals surface area contributed by atoms with Crippen LogP contribution >= 0.6 is 0 Å². The van der Waals surface area contributed by atoms with Crippen molar-refractivity contribution < 1.29 is 18.0 Å². The zero-order chi connectivity index (χ0) is 25.7. The molecule has 2 amide bonds. The Morgan fingerprint density at radius 3 is 2.26 bits per heavy atom. The number of nitrogens with zero attached hydrogens (tertiary/aromatic N) is 2. The lowest BCUT2D eigenvalue weighted by Crippen LogP contribution is -2.54. The molecule has 0 spiro atoms. The Kier molecular flexibility index (Phi) is 8.89. The van der Waals surface area contributed by atoms with Crippen molar-refractivity contribution in [2.24, 2.45) is 0 Å². The van der Waals surface area contributed by atoms with Gasteiger partial charge in [-0.05, 0) is 58.2 Å². The van der Waals surface area contributed by atoms with Gasteiger partial charge in [0.05, 0.1) is 11.9 Å². The average Bonchev–Trinajstić information content (AvgIpc) is 2.73. The van der Waals surface area contributed by atoms with E-state index < -0.39 is 34.1 Å². The summed E-state index contributed by atoms with van der Waals surface area (Å²) in [5.74, 6) is -0.747. The monoisotopic (exact) mass is 487 g/mol. The second-order valence-electron chi connectivity index (χ2n) is 9.68. The quantitative estimate of drug-likeness (QED) is 0.585. The number of carbonyl (C=O) groups excluding carboxylic acids is 2. The summed E-state index contributed by atoms with van der Waals surface area (Å²) in [4.78, 5) is 28.0. The number of hydrogen-bond acceptors (Lipinski definition) is 4. The molecular formula is C26H37N3O4S. The predicted molar refractivity (Wildman–Crippen MR) is 137 cm³/mol. The largest absolute Gasteiger partial charge is 0.350 e. The first-order valence-corrected chi connectivity index (χ1v) is 13.3. The van der Waals surface area contributed by atoms with Crippen LogP contribution in [-0.2, 0) is 32.6 Å². The molecule has 0 radical (unpaired) electrons. The third-order valence-corrected chi connectivity index (χ3v) is 6.55. The number of aryl methyl sites for hydroxylation is 2. The number of nitrogens with one attached hydrogen (secondary N) is 1. The summed E-state index contributed by atoms with van der Waals surface area (Å²) >= 11 is 0. The molecule has 0 aliphatic rings. The molecular weight excluding hydrogens is 450 g/mol. The fourth-order valence-electron chi connectivity index (χ4n) is 3.71. The van der Waals surface area contributed by atoms with E-state index >= 15 is 0 Å². The van der Waals surface area contributed by atoms with Crippen LogP contribution in [0.2, 0.25) is 0 Å². The highest BCUT2D eigenvalue weighted by atomic mass is 32.2. The van der Waals surface area contributed by atoms with Crippen LogP contribution < -0.4 is 9.62 Å². The number of anilines is 1. The first kappa shape index (κ1) is 27.4. The molecule has 2 rings (SSSR count). The van der Waals surface area contributed by atoms with Crippen LogP contribution in [0.5, 0.6) is 0 Å². The lowest BCUT2D eigenvalue weighted by Gasteiger charge is -2.33. The summed E-state index contributed by atoms with van der Waals surface area (Å²) in [5, 5.41) is 2.92. The lowest BCUT2D eigenvalue weighted by molar-refractivity contribution is -0.140. The van der Waals surface area contributed by atoms with Crippen LogP contribution in [0.4, 0.5) is 5.69 Å². The molecule has 0 unspecified atom stereocenters. The summed E-state index contributed by atoms with van der Waals surface area (Å²) in [6, 6.07) is 14.0. The zero-order valence-corrected chi connectivity index (χ0v) is 22.1. The Bertz CT molecular complexity index is 1120. The van der Waals surface area contributed by atoms with Crippen molar-refractivity contribution in [3.05, 3.63) is 65.2 Å². The van der Waals surface area contributed by atoms with E-state index in [1.165, 1.54) is 4.90 Å². The average molecular weight is 488 g/mol. The molecule has 186 valence electrons. The molecule has 0 aliphatic carbocycles. The topological polar surface area (TPSA) is 86.8 Å². The number of hydrogen-bond donors (Lipinski definition) is 1. The van der Waals surface area contributed by atoms with Crippen molar-refractivity contribution in [1.29, 1.82) is 0 Å². The molecule has 8 heteroatoms. The number of sulfonamides is 1. The Morgan fingerprint density at radius 2 is 1.71 bits per heavy atom. The first-order valence-electron chi connectivity index (χ1n) is 11.5. The van der Waals surface area contributed by atoms with Gasteiger partial charge >= 0.3 is 0 Å². The van der Waals surface area contributed by atoms with Gasteiger partial charge in [-0.1, -0.05) is 55.0 Å².